The zero-order valence-electron chi connectivity index (χ0n) is 19.1. The van der Waals surface area contributed by atoms with Crippen LogP contribution in [0.5, 0.6) is 0 Å². The van der Waals surface area contributed by atoms with E-state index in [9.17, 15) is 15.3 Å². The Morgan fingerprint density at radius 3 is 2.40 bits per heavy atom. The van der Waals surface area contributed by atoms with E-state index in [-0.39, 0.29) is 0 Å². The molecule has 0 amide bonds. The van der Waals surface area contributed by atoms with Gasteiger partial charge in [-0.05, 0) is 101 Å². The highest BCUT2D eigenvalue weighted by Gasteiger charge is 2.60. The summed E-state index contributed by atoms with van der Waals surface area (Å²) < 4.78 is 0. The largest absolute Gasteiger partial charge is 0.393 e. The Balaban J connectivity index is 1.50. The molecule has 0 aromatic rings. The first-order valence-corrected chi connectivity index (χ1v) is 12.1. The lowest BCUT2D eigenvalue weighted by atomic mass is 9.59. The van der Waals surface area contributed by atoms with Crippen molar-refractivity contribution in [3.63, 3.8) is 0 Å². The highest BCUT2D eigenvalue weighted by molar-refractivity contribution is 5.28. The molecule has 4 saturated carbocycles. The Kier molecular flexibility index (Phi) is 5.99. The van der Waals surface area contributed by atoms with Crippen molar-refractivity contribution in [2.24, 2.45) is 22.7 Å². The number of hydrogen-bond acceptors (Lipinski definition) is 3. The van der Waals surface area contributed by atoms with Crippen molar-refractivity contribution >= 4 is 0 Å². The van der Waals surface area contributed by atoms with Gasteiger partial charge in [-0.1, -0.05) is 42.1 Å². The first kappa shape index (κ1) is 22.1. The maximum absolute atomic E-state index is 9.98. The van der Waals surface area contributed by atoms with Crippen LogP contribution in [0.15, 0.2) is 23.3 Å². The van der Waals surface area contributed by atoms with Crippen molar-refractivity contribution in [3.8, 4) is 11.8 Å². The second-order valence-electron chi connectivity index (χ2n) is 11.5. The topological polar surface area (TPSA) is 60.7 Å². The van der Waals surface area contributed by atoms with Gasteiger partial charge >= 0.3 is 0 Å². The molecule has 0 aliphatic heterocycles. The number of allylic oxidation sites excluding steroid dienone is 3. The van der Waals surface area contributed by atoms with Crippen molar-refractivity contribution in [1.82, 2.24) is 0 Å². The van der Waals surface area contributed by atoms with Crippen LogP contribution in [0.2, 0.25) is 0 Å². The van der Waals surface area contributed by atoms with E-state index < -0.39 is 17.8 Å². The van der Waals surface area contributed by atoms with Gasteiger partial charge in [-0.25, -0.2) is 0 Å². The van der Waals surface area contributed by atoms with E-state index >= 15 is 0 Å². The quantitative estimate of drug-likeness (QED) is 0.578. The van der Waals surface area contributed by atoms with Crippen molar-refractivity contribution in [1.29, 1.82) is 0 Å². The molecule has 0 heterocycles. The van der Waals surface area contributed by atoms with Gasteiger partial charge in [-0.15, -0.1) is 0 Å². The lowest BCUT2D eigenvalue weighted by Crippen LogP contribution is -2.37. The number of fused-ring (bicyclic) bond motifs is 1. The second kappa shape index (κ2) is 8.12. The van der Waals surface area contributed by atoms with Gasteiger partial charge in [0.05, 0.1) is 12.2 Å². The fourth-order valence-corrected chi connectivity index (χ4v) is 7.02. The van der Waals surface area contributed by atoms with Crippen LogP contribution in [0.4, 0.5) is 0 Å². The molecule has 5 atom stereocenters. The van der Waals surface area contributed by atoms with Gasteiger partial charge in [-0.3, -0.25) is 0 Å². The molecule has 0 spiro atoms. The van der Waals surface area contributed by atoms with E-state index in [1.807, 2.05) is 0 Å². The molecule has 0 bridgehead atoms. The lowest BCUT2D eigenvalue weighted by molar-refractivity contribution is 0.0609. The third kappa shape index (κ3) is 4.57. The van der Waals surface area contributed by atoms with Crippen LogP contribution in [0.3, 0.4) is 0 Å². The highest BCUT2D eigenvalue weighted by atomic mass is 16.3. The molecule has 4 aliphatic carbocycles. The summed E-state index contributed by atoms with van der Waals surface area (Å²) in [6.07, 6.45) is 15.5. The zero-order chi connectivity index (χ0) is 21.6. The SMILES string of the molecule is CC(C)(O)C#CCC1(C2CCC3/C(=C/C=C4CC(O)C[C@H](O)C4)CCC[C@@]32C)CC1. The fraction of sp³-hybridized carbons (Fsp3) is 0.778. The van der Waals surface area contributed by atoms with E-state index in [1.165, 1.54) is 50.5 Å². The Labute approximate surface area is 182 Å². The summed E-state index contributed by atoms with van der Waals surface area (Å²) in [5.41, 5.74) is 2.62. The Morgan fingerprint density at radius 1 is 1.07 bits per heavy atom. The predicted molar refractivity (Wildman–Crippen MR) is 121 cm³/mol. The van der Waals surface area contributed by atoms with Crippen LogP contribution in [-0.2, 0) is 0 Å². The van der Waals surface area contributed by atoms with Gasteiger partial charge in [0.15, 0.2) is 0 Å². The molecule has 0 radical (unpaired) electrons. The molecule has 0 aromatic heterocycles. The third-order valence-corrected chi connectivity index (χ3v) is 8.50. The third-order valence-electron chi connectivity index (χ3n) is 8.50. The highest BCUT2D eigenvalue weighted by Crippen LogP contribution is 2.69. The van der Waals surface area contributed by atoms with Crippen LogP contribution in [-0.4, -0.2) is 33.1 Å². The molecular weight excluding hydrogens is 372 g/mol. The standard InChI is InChI=1S/C27H40O3/c1-25(2,30)11-5-13-27(14-15-27)24-10-9-23-20(6-4-12-26(23,24)3)8-7-19-16-21(28)18-22(29)17-19/h7-8,21-24,28-30H,4,6,9-10,12-18H2,1-3H3/b19-7?,20-8+/t21-,22?,23?,24?,26+/m1/s1. The molecule has 4 aliphatic rings. The minimum Gasteiger partial charge on any atom is -0.393 e. The van der Waals surface area contributed by atoms with Crippen molar-refractivity contribution in [3.05, 3.63) is 23.3 Å². The molecule has 4 rings (SSSR count). The van der Waals surface area contributed by atoms with Crippen molar-refractivity contribution < 1.29 is 15.3 Å². The molecule has 3 unspecified atom stereocenters. The van der Waals surface area contributed by atoms with E-state index in [1.54, 1.807) is 19.4 Å². The number of aliphatic hydroxyl groups excluding tert-OH is 2. The van der Waals surface area contributed by atoms with Gasteiger partial charge in [0.1, 0.15) is 5.60 Å². The number of aliphatic hydroxyl groups is 3. The summed E-state index contributed by atoms with van der Waals surface area (Å²) in [6.45, 7) is 6.07. The first-order chi connectivity index (χ1) is 14.1. The van der Waals surface area contributed by atoms with Crippen LogP contribution >= 0.6 is 0 Å². The summed E-state index contributed by atoms with van der Waals surface area (Å²) in [4.78, 5) is 0. The van der Waals surface area contributed by atoms with Gasteiger partial charge in [0.25, 0.3) is 0 Å². The number of rotatable bonds is 3. The predicted octanol–water partition coefficient (Wildman–Crippen LogP) is 4.91. The molecule has 3 N–H and O–H groups in total. The van der Waals surface area contributed by atoms with Gasteiger partial charge in [0, 0.05) is 6.42 Å². The van der Waals surface area contributed by atoms with Gasteiger partial charge in [-0.2, -0.15) is 0 Å². The monoisotopic (exact) mass is 412 g/mol. The van der Waals surface area contributed by atoms with Crippen LogP contribution in [0, 0.1) is 34.5 Å². The lowest BCUT2D eigenvalue weighted by Gasteiger charge is -2.45. The molecule has 3 heteroatoms. The maximum Gasteiger partial charge on any atom is 0.119 e. The van der Waals surface area contributed by atoms with E-state index in [2.05, 4.69) is 30.9 Å². The van der Waals surface area contributed by atoms with E-state index in [0.29, 0.717) is 36.0 Å². The fourth-order valence-electron chi connectivity index (χ4n) is 7.02. The summed E-state index contributed by atoms with van der Waals surface area (Å²) in [5, 5.41) is 29.9. The van der Waals surface area contributed by atoms with E-state index in [4.69, 9.17) is 0 Å². The van der Waals surface area contributed by atoms with E-state index in [0.717, 1.165) is 12.3 Å². The molecule has 30 heavy (non-hydrogen) atoms. The molecule has 4 fully saturated rings. The Morgan fingerprint density at radius 2 is 1.77 bits per heavy atom. The molecular formula is C27H40O3. The normalized spacial score (nSPS) is 40.7. The Bertz CT molecular complexity index is 758. The number of hydrogen-bond donors (Lipinski definition) is 3. The van der Waals surface area contributed by atoms with Gasteiger partial charge < -0.3 is 15.3 Å². The molecule has 0 saturated heterocycles. The van der Waals surface area contributed by atoms with Crippen LogP contribution in [0.1, 0.15) is 91.4 Å². The molecule has 3 nitrogen and oxygen atoms in total. The minimum atomic E-state index is -0.896. The van der Waals surface area contributed by atoms with Crippen LogP contribution < -0.4 is 0 Å². The first-order valence-electron chi connectivity index (χ1n) is 12.1. The summed E-state index contributed by atoms with van der Waals surface area (Å²) in [5.74, 6) is 7.77. The summed E-state index contributed by atoms with van der Waals surface area (Å²) >= 11 is 0. The van der Waals surface area contributed by atoms with Gasteiger partial charge in [0.2, 0.25) is 0 Å². The average Bonchev–Trinajstić information content (AvgIpc) is 3.31. The summed E-state index contributed by atoms with van der Waals surface area (Å²) in [6, 6.07) is 0. The zero-order valence-corrected chi connectivity index (χ0v) is 19.1. The second-order valence-corrected chi connectivity index (χ2v) is 11.5. The smallest absolute Gasteiger partial charge is 0.119 e. The molecule has 0 aromatic carbocycles. The van der Waals surface area contributed by atoms with Crippen LogP contribution in [0.25, 0.3) is 0 Å². The van der Waals surface area contributed by atoms with Crippen molar-refractivity contribution in [2.45, 2.75) is 109 Å². The average molecular weight is 413 g/mol. The minimum absolute atomic E-state index is 0.362. The summed E-state index contributed by atoms with van der Waals surface area (Å²) in [7, 11) is 0. The van der Waals surface area contributed by atoms with Crippen molar-refractivity contribution in [2.75, 3.05) is 0 Å². The Hall–Kier alpha value is -1.08. The molecule has 166 valence electrons. The maximum atomic E-state index is 9.98.